The predicted molar refractivity (Wildman–Crippen MR) is 77.8 cm³/mol. The molecule has 1 fully saturated rings. The Kier molecular flexibility index (Phi) is 4.83. The van der Waals surface area contributed by atoms with Crippen LogP contribution in [0, 0.1) is 0 Å². The van der Waals surface area contributed by atoms with E-state index in [1.807, 2.05) is 11.5 Å². The summed E-state index contributed by atoms with van der Waals surface area (Å²) >= 11 is 0. The molecule has 1 saturated heterocycles. The predicted octanol–water partition coefficient (Wildman–Crippen LogP) is 1.61. The average molecular weight is 280 g/mol. The highest BCUT2D eigenvalue weighted by Crippen LogP contribution is 2.24. The van der Waals surface area contributed by atoms with E-state index in [9.17, 15) is 15.0 Å². The van der Waals surface area contributed by atoms with E-state index in [1.165, 1.54) is 6.07 Å². The zero-order valence-electron chi connectivity index (χ0n) is 12.3. The van der Waals surface area contributed by atoms with Crippen molar-refractivity contribution >= 4 is 0 Å². The Hall–Kier alpha value is -1.33. The molecule has 1 atom stereocenters. The van der Waals surface area contributed by atoms with Gasteiger partial charge in [-0.3, -0.25) is 9.69 Å². The fourth-order valence-corrected chi connectivity index (χ4v) is 2.88. The maximum atomic E-state index is 11.9. The van der Waals surface area contributed by atoms with Gasteiger partial charge in [0.1, 0.15) is 0 Å². The molecule has 0 radical (unpaired) electrons. The molecule has 1 aromatic heterocycles. The van der Waals surface area contributed by atoms with Crippen molar-refractivity contribution in [2.24, 2.45) is 0 Å². The summed E-state index contributed by atoms with van der Waals surface area (Å²) in [5, 5.41) is 19.7. The molecule has 0 aromatic carbocycles. The van der Waals surface area contributed by atoms with Crippen LogP contribution in [-0.2, 0) is 13.2 Å². The number of aromatic hydroxyl groups is 1. The van der Waals surface area contributed by atoms with Gasteiger partial charge < -0.3 is 14.8 Å². The number of hydrogen-bond donors (Lipinski definition) is 2. The minimum Gasteiger partial charge on any atom is -0.503 e. The summed E-state index contributed by atoms with van der Waals surface area (Å²) in [5.74, 6) is -0.172. The highest BCUT2D eigenvalue weighted by atomic mass is 16.3. The van der Waals surface area contributed by atoms with E-state index in [4.69, 9.17) is 0 Å². The second-order valence-electron chi connectivity index (χ2n) is 5.56. The van der Waals surface area contributed by atoms with Crippen LogP contribution in [0.1, 0.15) is 50.5 Å². The zero-order valence-corrected chi connectivity index (χ0v) is 12.3. The molecule has 1 unspecified atom stereocenters. The number of aromatic nitrogens is 1. The van der Waals surface area contributed by atoms with Gasteiger partial charge in [-0.2, -0.15) is 0 Å². The second kappa shape index (κ2) is 6.41. The van der Waals surface area contributed by atoms with Crippen LogP contribution in [0.3, 0.4) is 0 Å². The third-order valence-electron chi connectivity index (χ3n) is 4.17. The fourth-order valence-electron chi connectivity index (χ4n) is 2.88. The number of rotatable bonds is 5. The SMILES string of the molecule is CCC(C)n1c(CO)cc(=O)c(O)c1CN1CCCC1. The molecule has 0 saturated carbocycles. The normalized spacial score (nSPS) is 17.6. The van der Waals surface area contributed by atoms with Gasteiger partial charge in [-0.1, -0.05) is 6.92 Å². The van der Waals surface area contributed by atoms with Gasteiger partial charge in [0, 0.05) is 24.3 Å². The Morgan fingerprint density at radius 3 is 2.55 bits per heavy atom. The third-order valence-corrected chi connectivity index (χ3v) is 4.17. The smallest absolute Gasteiger partial charge is 0.223 e. The number of hydrogen-bond acceptors (Lipinski definition) is 4. The van der Waals surface area contributed by atoms with Crippen LogP contribution < -0.4 is 5.43 Å². The monoisotopic (exact) mass is 280 g/mol. The molecule has 0 aliphatic carbocycles. The van der Waals surface area contributed by atoms with Crippen molar-refractivity contribution in [1.82, 2.24) is 9.47 Å². The Morgan fingerprint density at radius 2 is 2.00 bits per heavy atom. The van der Waals surface area contributed by atoms with E-state index in [-0.39, 0.29) is 18.4 Å². The number of aliphatic hydroxyl groups is 1. The zero-order chi connectivity index (χ0) is 14.7. The molecule has 2 N–H and O–H groups in total. The first kappa shape index (κ1) is 15.1. The molecule has 1 aliphatic heterocycles. The minimum absolute atomic E-state index is 0.140. The molecular weight excluding hydrogens is 256 g/mol. The van der Waals surface area contributed by atoms with E-state index in [2.05, 4.69) is 11.8 Å². The van der Waals surface area contributed by atoms with Gasteiger partial charge in [-0.25, -0.2) is 0 Å². The van der Waals surface area contributed by atoms with Crippen molar-refractivity contribution in [3.8, 4) is 5.75 Å². The minimum atomic E-state index is -0.400. The van der Waals surface area contributed by atoms with Gasteiger partial charge in [-0.05, 0) is 39.3 Å². The van der Waals surface area contributed by atoms with Crippen LogP contribution >= 0.6 is 0 Å². The molecule has 2 rings (SSSR count). The summed E-state index contributed by atoms with van der Waals surface area (Å²) in [6, 6.07) is 1.48. The van der Waals surface area contributed by atoms with Crippen LogP contribution in [0.25, 0.3) is 0 Å². The van der Waals surface area contributed by atoms with Gasteiger partial charge in [0.05, 0.1) is 12.3 Å². The van der Waals surface area contributed by atoms with E-state index in [0.717, 1.165) is 32.4 Å². The van der Waals surface area contributed by atoms with Gasteiger partial charge in [0.25, 0.3) is 0 Å². The standard InChI is InChI=1S/C15H24N2O3/c1-3-11(2)17-12(10-18)8-14(19)15(20)13(17)9-16-6-4-5-7-16/h8,11,18,20H,3-7,9-10H2,1-2H3. The lowest BCUT2D eigenvalue weighted by atomic mass is 10.1. The number of likely N-dealkylation sites (tertiary alicyclic amines) is 1. The maximum absolute atomic E-state index is 11.9. The Bertz CT molecular complexity index is 519. The maximum Gasteiger partial charge on any atom is 0.223 e. The van der Waals surface area contributed by atoms with Crippen molar-refractivity contribution in [3.05, 3.63) is 27.7 Å². The molecule has 5 nitrogen and oxygen atoms in total. The van der Waals surface area contributed by atoms with Crippen LogP contribution in [0.15, 0.2) is 10.9 Å². The van der Waals surface area contributed by atoms with Crippen molar-refractivity contribution < 1.29 is 10.2 Å². The Labute approximate surface area is 119 Å². The molecule has 0 bridgehead atoms. The van der Waals surface area contributed by atoms with E-state index < -0.39 is 5.43 Å². The summed E-state index contributed by atoms with van der Waals surface area (Å²) in [7, 11) is 0. The highest BCUT2D eigenvalue weighted by molar-refractivity contribution is 5.30. The molecule has 1 aliphatic rings. The lowest BCUT2D eigenvalue weighted by molar-refractivity contribution is 0.254. The topological polar surface area (TPSA) is 65.7 Å². The molecule has 0 spiro atoms. The van der Waals surface area contributed by atoms with Gasteiger partial charge >= 0.3 is 0 Å². The van der Waals surface area contributed by atoms with Crippen molar-refractivity contribution in [2.75, 3.05) is 13.1 Å². The van der Waals surface area contributed by atoms with Crippen molar-refractivity contribution in [3.63, 3.8) is 0 Å². The first-order valence-electron chi connectivity index (χ1n) is 7.38. The lowest BCUT2D eigenvalue weighted by Crippen LogP contribution is -2.27. The van der Waals surface area contributed by atoms with Crippen molar-refractivity contribution in [2.45, 2.75) is 52.3 Å². The first-order chi connectivity index (χ1) is 9.58. The summed E-state index contributed by atoms with van der Waals surface area (Å²) in [4.78, 5) is 14.1. The van der Waals surface area contributed by atoms with Crippen LogP contribution in [0.5, 0.6) is 5.75 Å². The molecule has 5 heteroatoms. The van der Waals surface area contributed by atoms with Crippen LogP contribution in [0.4, 0.5) is 0 Å². The molecule has 0 amide bonds. The number of pyridine rings is 1. The molecule has 2 heterocycles. The summed E-state index contributed by atoms with van der Waals surface area (Å²) in [5.41, 5.74) is 0.817. The largest absolute Gasteiger partial charge is 0.503 e. The lowest BCUT2D eigenvalue weighted by Gasteiger charge is -2.26. The quantitative estimate of drug-likeness (QED) is 0.860. The second-order valence-corrected chi connectivity index (χ2v) is 5.56. The molecule has 20 heavy (non-hydrogen) atoms. The summed E-state index contributed by atoms with van der Waals surface area (Å²) in [6.45, 7) is 6.47. The van der Waals surface area contributed by atoms with Gasteiger partial charge in [0.15, 0.2) is 5.75 Å². The molecule has 112 valence electrons. The summed E-state index contributed by atoms with van der Waals surface area (Å²) in [6.07, 6.45) is 3.20. The highest BCUT2D eigenvalue weighted by Gasteiger charge is 2.21. The molecule has 1 aromatic rings. The van der Waals surface area contributed by atoms with E-state index >= 15 is 0 Å². The van der Waals surface area contributed by atoms with Crippen LogP contribution in [0.2, 0.25) is 0 Å². The fraction of sp³-hybridized carbons (Fsp3) is 0.667. The van der Waals surface area contributed by atoms with Crippen molar-refractivity contribution in [1.29, 1.82) is 0 Å². The van der Waals surface area contributed by atoms with Gasteiger partial charge in [-0.15, -0.1) is 0 Å². The Balaban J connectivity index is 2.49. The number of aliphatic hydroxyl groups excluding tert-OH is 1. The third kappa shape index (κ3) is 2.88. The number of nitrogens with zero attached hydrogens (tertiary/aromatic N) is 2. The van der Waals surface area contributed by atoms with Crippen LogP contribution in [-0.4, -0.2) is 32.8 Å². The Morgan fingerprint density at radius 1 is 1.35 bits per heavy atom. The first-order valence-corrected chi connectivity index (χ1v) is 7.38. The molecular formula is C15H24N2O3. The van der Waals surface area contributed by atoms with Gasteiger partial charge in [0.2, 0.25) is 5.43 Å². The van der Waals surface area contributed by atoms with E-state index in [0.29, 0.717) is 17.9 Å². The van der Waals surface area contributed by atoms with E-state index in [1.54, 1.807) is 0 Å². The average Bonchev–Trinajstić information content (AvgIpc) is 2.95. The summed E-state index contributed by atoms with van der Waals surface area (Å²) < 4.78 is 1.93.